The van der Waals surface area contributed by atoms with E-state index in [-0.39, 0.29) is 11.5 Å². The molecule has 0 aliphatic rings. The third-order valence-electron chi connectivity index (χ3n) is 2.87. The highest BCUT2D eigenvalue weighted by Crippen LogP contribution is 2.25. The molecule has 2 rings (SSSR count). The Kier molecular flexibility index (Phi) is 4.67. The van der Waals surface area contributed by atoms with E-state index in [1.54, 1.807) is 0 Å². The molecule has 0 aliphatic heterocycles. The van der Waals surface area contributed by atoms with E-state index in [0.717, 1.165) is 11.0 Å². The van der Waals surface area contributed by atoms with E-state index in [1.165, 1.54) is 11.8 Å². The van der Waals surface area contributed by atoms with E-state index < -0.39 is 0 Å². The molecule has 0 radical (unpaired) electrons. The molecule has 0 fully saturated rings. The van der Waals surface area contributed by atoms with Gasteiger partial charge in [-0.1, -0.05) is 37.7 Å². The molecule has 0 aromatic carbocycles. The molecule has 0 atom stereocenters. The summed E-state index contributed by atoms with van der Waals surface area (Å²) in [5.41, 5.74) is 5.55. The summed E-state index contributed by atoms with van der Waals surface area (Å²) in [7, 11) is 0. The molecule has 7 nitrogen and oxygen atoms in total. The van der Waals surface area contributed by atoms with Crippen molar-refractivity contribution in [3.63, 3.8) is 0 Å². The van der Waals surface area contributed by atoms with Crippen LogP contribution in [0, 0.1) is 0 Å². The Morgan fingerprint density at radius 1 is 1.29 bits per heavy atom. The van der Waals surface area contributed by atoms with Crippen LogP contribution in [0.3, 0.4) is 0 Å². The van der Waals surface area contributed by atoms with Crippen LogP contribution in [0.5, 0.6) is 0 Å². The summed E-state index contributed by atoms with van der Waals surface area (Å²) >= 11 is 1.54. The second kappa shape index (κ2) is 6.15. The third kappa shape index (κ3) is 3.62. The van der Waals surface area contributed by atoms with Gasteiger partial charge in [0, 0.05) is 11.5 Å². The van der Waals surface area contributed by atoms with Crippen LogP contribution in [0.1, 0.15) is 58.2 Å². The molecule has 0 amide bonds. The lowest BCUT2D eigenvalue weighted by molar-refractivity contribution is 0.319. The minimum atomic E-state index is -0.138. The molecule has 21 heavy (non-hydrogen) atoms. The first-order valence-corrected chi connectivity index (χ1v) is 7.91. The van der Waals surface area contributed by atoms with E-state index in [2.05, 4.69) is 34.2 Å². The summed E-state index contributed by atoms with van der Waals surface area (Å²) in [6.07, 6.45) is 0. The first-order chi connectivity index (χ1) is 9.82. The monoisotopic (exact) mass is 310 g/mol. The number of nitrogens with two attached hydrogens (primary N) is 1. The van der Waals surface area contributed by atoms with Crippen LogP contribution < -0.4 is 5.73 Å². The number of hydrogen-bond acceptors (Lipinski definition) is 7. The second-order valence-corrected chi connectivity index (χ2v) is 7.06. The van der Waals surface area contributed by atoms with Crippen LogP contribution in [0.25, 0.3) is 0 Å². The molecule has 2 aromatic heterocycles. The van der Waals surface area contributed by atoms with Crippen molar-refractivity contribution in [2.75, 3.05) is 0 Å². The van der Waals surface area contributed by atoms with E-state index in [0.29, 0.717) is 24.0 Å². The van der Waals surface area contributed by atoms with Crippen molar-refractivity contribution in [1.82, 2.24) is 24.9 Å². The summed E-state index contributed by atoms with van der Waals surface area (Å²) in [6, 6.07) is 0.261. The number of nitrogens with zero attached hydrogens (tertiary/aromatic N) is 5. The smallest absolute Gasteiger partial charge is 0.232 e. The average molecular weight is 310 g/mol. The third-order valence-corrected chi connectivity index (χ3v) is 3.81. The Hall–Kier alpha value is -1.41. The average Bonchev–Trinajstić information content (AvgIpc) is 3.02. The van der Waals surface area contributed by atoms with Gasteiger partial charge in [-0.25, -0.2) is 0 Å². The highest BCUT2D eigenvalue weighted by Gasteiger charge is 2.22. The van der Waals surface area contributed by atoms with Gasteiger partial charge in [0.15, 0.2) is 11.0 Å². The van der Waals surface area contributed by atoms with Crippen molar-refractivity contribution in [3.05, 3.63) is 17.5 Å². The molecule has 2 heterocycles. The fraction of sp³-hybridized carbons (Fsp3) is 0.692. The lowest BCUT2D eigenvalue weighted by Crippen LogP contribution is -2.12. The molecule has 0 spiro atoms. The van der Waals surface area contributed by atoms with Crippen molar-refractivity contribution in [2.24, 2.45) is 5.73 Å². The largest absolute Gasteiger partial charge is 0.339 e. The zero-order chi connectivity index (χ0) is 15.6. The zero-order valence-electron chi connectivity index (χ0n) is 13.1. The van der Waals surface area contributed by atoms with Gasteiger partial charge in [0.1, 0.15) is 5.82 Å². The summed E-state index contributed by atoms with van der Waals surface area (Å²) < 4.78 is 7.32. The lowest BCUT2D eigenvalue weighted by atomic mass is 9.97. The Bertz CT molecular complexity index is 598. The van der Waals surface area contributed by atoms with Gasteiger partial charge in [-0.15, -0.1) is 10.2 Å². The molecule has 0 unspecified atom stereocenters. The topological polar surface area (TPSA) is 95.7 Å². The van der Waals surface area contributed by atoms with Gasteiger partial charge < -0.3 is 14.8 Å². The first kappa shape index (κ1) is 16.0. The number of aromatic nitrogens is 5. The first-order valence-electron chi connectivity index (χ1n) is 6.92. The Morgan fingerprint density at radius 3 is 2.52 bits per heavy atom. The Balaban J connectivity index is 2.10. The van der Waals surface area contributed by atoms with Gasteiger partial charge in [0.25, 0.3) is 0 Å². The van der Waals surface area contributed by atoms with Gasteiger partial charge in [-0.3, -0.25) is 0 Å². The van der Waals surface area contributed by atoms with Gasteiger partial charge in [0.2, 0.25) is 5.89 Å². The number of thioether (sulfide) groups is 1. The van der Waals surface area contributed by atoms with E-state index in [9.17, 15) is 0 Å². The van der Waals surface area contributed by atoms with Crippen LogP contribution in [-0.2, 0) is 17.7 Å². The Labute approximate surface area is 128 Å². The predicted molar refractivity (Wildman–Crippen MR) is 80.9 cm³/mol. The van der Waals surface area contributed by atoms with Crippen LogP contribution in [0.4, 0.5) is 0 Å². The summed E-state index contributed by atoms with van der Waals surface area (Å²) in [5.74, 6) is 2.69. The number of hydrogen-bond donors (Lipinski definition) is 1. The summed E-state index contributed by atoms with van der Waals surface area (Å²) in [6.45, 7) is 10.7. The molecular formula is C13H22N6OS. The lowest BCUT2D eigenvalue weighted by Gasteiger charge is -2.12. The maximum Gasteiger partial charge on any atom is 0.232 e. The van der Waals surface area contributed by atoms with E-state index in [4.69, 9.17) is 10.3 Å². The quantitative estimate of drug-likeness (QED) is 0.846. The summed E-state index contributed by atoms with van der Waals surface area (Å²) in [4.78, 5) is 4.42. The van der Waals surface area contributed by atoms with Gasteiger partial charge in [-0.05, 0) is 13.8 Å². The van der Waals surface area contributed by atoms with Crippen molar-refractivity contribution in [3.8, 4) is 0 Å². The minimum absolute atomic E-state index is 0.138. The van der Waals surface area contributed by atoms with Crippen molar-refractivity contribution in [1.29, 1.82) is 0 Å². The Morgan fingerprint density at radius 2 is 2.00 bits per heavy atom. The molecule has 2 N–H and O–H groups in total. The van der Waals surface area contributed by atoms with Crippen LogP contribution in [-0.4, -0.2) is 24.9 Å². The predicted octanol–water partition coefficient (Wildman–Crippen LogP) is 2.29. The molecule has 0 bridgehead atoms. The van der Waals surface area contributed by atoms with E-state index >= 15 is 0 Å². The normalized spacial score (nSPS) is 12.3. The molecule has 0 aliphatic carbocycles. The van der Waals surface area contributed by atoms with Crippen LogP contribution in [0.15, 0.2) is 9.68 Å². The van der Waals surface area contributed by atoms with E-state index in [1.807, 2.05) is 25.3 Å². The molecular weight excluding hydrogens is 288 g/mol. The minimum Gasteiger partial charge on any atom is -0.339 e. The highest BCUT2D eigenvalue weighted by atomic mass is 32.2. The maximum absolute atomic E-state index is 5.69. The van der Waals surface area contributed by atoms with Crippen LogP contribution >= 0.6 is 11.8 Å². The SMILES string of the molecule is CC(C)n1c(CN)nnc1SCc1noc(C(C)(C)C)n1. The van der Waals surface area contributed by atoms with Crippen molar-refractivity contribution in [2.45, 2.75) is 63.5 Å². The molecule has 2 aromatic rings. The summed E-state index contributed by atoms with van der Waals surface area (Å²) in [5, 5.41) is 13.1. The molecule has 0 saturated heterocycles. The fourth-order valence-corrected chi connectivity index (χ4v) is 2.74. The zero-order valence-corrected chi connectivity index (χ0v) is 13.9. The maximum atomic E-state index is 5.69. The van der Waals surface area contributed by atoms with Crippen molar-refractivity contribution < 1.29 is 4.52 Å². The van der Waals surface area contributed by atoms with Gasteiger partial charge in [0.05, 0.1) is 12.3 Å². The number of rotatable bonds is 5. The fourth-order valence-electron chi connectivity index (χ4n) is 1.81. The van der Waals surface area contributed by atoms with Crippen LogP contribution in [0.2, 0.25) is 0 Å². The molecule has 0 saturated carbocycles. The molecule has 8 heteroatoms. The molecule has 116 valence electrons. The highest BCUT2D eigenvalue weighted by molar-refractivity contribution is 7.98. The second-order valence-electron chi connectivity index (χ2n) is 6.12. The van der Waals surface area contributed by atoms with Crippen molar-refractivity contribution >= 4 is 11.8 Å². The van der Waals surface area contributed by atoms with Gasteiger partial charge >= 0.3 is 0 Å². The van der Waals surface area contributed by atoms with Gasteiger partial charge in [-0.2, -0.15) is 4.98 Å². The standard InChI is InChI=1S/C13H22N6OS/c1-8(2)19-10(6-14)16-17-12(19)21-7-9-15-11(20-18-9)13(3,4)5/h8H,6-7,14H2,1-5H3.